The summed E-state index contributed by atoms with van der Waals surface area (Å²) in [6, 6.07) is 9.98. The number of carboxylic acid groups (broad SMARTS) is 1. The van der Waals surface area contributed by atoms with Gasteiger partial charge in [0.2, 0.25) is 0 Å². The van der Waals surface area contributed by atoms with Crippen LogP contribution in [0, 0.1) is 0 Å². The molecule has 24 heavy (non-hydrogen) atoms. The molecule has 2 atom stereocenters. The van der Waals surface area contributed by atoms with E-state index in [-0.39, 0.29) is 5.56 Å². The largest absolute Gasteiger partial charge is 0.573 e. The Labute approximate surface area is 140 Å². The summed E-state index contributed by atoms with van der Waals surface area (Å²) in [6.45, 7) is 0. The van der Waals surface area contributed by atoms with E-state index in [0.717, 1.165) is 12.1 Å². The van der Waals surface area contributed by atoms with Crippen molar-refractivity contribution in [3.05, 3.63) is 64.7 Å². The summed E-state index contributed by atoms with van der Waals surface area (Å²) in [5.74, 6) is -2.59. The summed E-state index contributed by atoms with van der Waals surface area (Å²) in [5, 5.41) is 9.66. The molecule has 2 rings (SSSR count). The van der Waals surface area contributed by atoms with Gasteiger partial charge >= 0.3 is 12.3 Å². The quantitative estimate of drug-likeness (QED) is 0.852. The molecule has 0 aliphatic rings. The molecule has 8 heteroatoms. The van der Waals surface area contributed by atoms with Crippen molar-refractivity contribution in [2.75, 3.05) is 0 Å². The molecule has 0 spiro atoms. The third kappa shape index (κ3) is 4.62. The number of aliphatic carboxylic acids is 1. The standard InChI is InChI=1S/C16H13ClF3NO3/c17-11-6-4-9(5-7-11)13(14(21)15(22)23)10-2-1-3-12(8-10)24-16(18,19)20/h1-8,13-14H,21H2,(H,22,23)/t13-,14-/m0/s1. The number of hydrogen-bond acceptors (Lipinski definition) is 3. The van der Waals surface area contributed by atoms with Crippen LogP contribution >= 0.6 is 11.6 Å². The Morgan fingerprint density at radius 1 is 1.12 bits per heavy atom. The second-order valence-electron chi connectivity index (χ2n) is 5.01. The highest BCUT2D eigenvalue weighted by atomic mass is 35.5. The highest BCUT2D eigenvalue weighted by molar-refractivity contribution is 6.30. The number of nitrogens with two attached hydrogens (primary N) is 1. The van der Waals surface area contributed by atoms with Crippen LogP contribution in [0.5, 0.6) is 5.75 Å². The third-order valence-electron chi connectivity index (χ3n) is 3.32. The molecular formula is C16H13ClF3NO3. The molecule has 0 aromatic heterocycles. The van der Waals surface area contributed by atoms with Crippen LogP contribution in [-0.4, -0.2) is 23.5 Å². The van der Waals surface area contributed by atoms with Crippen molar-refractivity contribution in [1.29, 1.82) is 0 Å². The Kier molecular flexibility index (Phi) is 5.36. The molecule has 0 fully saturated rings. The minimum Gasteiger partial charge on any atom is -0.480 e. The summed E-state index contributed by atoms with van der Waals surface area (Å²) >= 11 is 5.81. The highest BCUT2D eigenvalue weighted by Crippen LogP contribution is 2.32. The smallest absolute Gasteiger partial charge is 0.480 e. The number of ether oxygens (including phenoxy) is 1. The molecule has 0 unspecified atom stereocenters. The number of carbonyl (C=O) groups is 1. The van der Waals surface area contributed by atoms with Crippen molar-refractivity contribution >= 4 is 17.6 Å². The number of hydrogen-bond donors (Lipinski definition) is 2. The van der Waals surface area contributed by atoms with Gasteiger partial charge in [-0.05, 0) is 35.4 Å². The van der Waals surface area contributed by atoms with Crippen LogP contribution in [0.25, 0.3) is 0 Å². The molecule has 0 saturated heterocycles. The van der Waals surface area contributed by atoms with Crippen molar-refractivity contribution < 1.29 is 27.8 Å². The normalized spacial score (nSPS) is 14.0. The van der Waals surface area contributed by atoms with Crippen molar-refractivity contribution in [2.45, 2.75) is 18.3 Å². The Morgan fingerprint density at radius 2 is 1.75 bits per heavy atom. The molecule has 0 aliphatic carbocycles. The average Bonchev–Trinajstić information content (AvgIpc) is 2.48. The lowest BCUT2D eigenvalue weighted by atomic mass is 9.85. The lowest BCUT2D eigenvalue weighted by molar-refractivity contribution is -0.274. The number of benzene rings is 2. The Morgan fingerprint density at radius 3 is 2.29 bits per heavy atom. The topological polar surface area (TPSA) is 72.6 Å². The second-order valence-corrected chi connectivity index (χ2v) is 5.45. The average molecular weight is 360 g/mol. The van der Waals surface area contributed by atoms with Gasteiger partial charge in [0.05, 0.1) is 0 Å². The van der Waals surface area contributed by atoms with Crippen LogP contribution < -0.4 is 10.5 Å². The van der Waals surface area contributed by atoms with Gasteiger partial charge in [-0.25, -0.2) is 0 Å². The fourth-order valence-corrected chi connectivity index (χ4v) is 2.45. The first-order valence-corrected chi connectivity index (χ1v) is 7.15. The van der Waals surface area contributed by atoms with Crippen LogP contribution in [0.2, 0.25) is 5.02 Å². The predicted molar refractivity (Wildman–Crippen MR) is 82.0 cm³/mol. The molecule has 4 nitrogen and oxygen atoms in total. The van der Waals surface area contributed by atoms with Crippen LogP contribution in [0.1, 0.15) is 17.0 Å². The molecule has 0 heterocycles. The Bertz CT molecular complexity index is 719. The zero-order valence-corrected chi connectivity index (χ0v) is 12.9. The van der Waals surface area contributed by atoms with E-state index in [1.54, 1.807) is 24.3 Å². The van der Waals surface area contributed by atoms with E-state index in [4.69, 9.17) is 17.3 Å². The van der Waals surface area contributed by atoms with Crippen molar-refractivity contribution in [3.8, 4) is 5.75 Å². The van der Waals surface area contributed by atoms with E-state index in [1.807, 2.05) is 0 Å². The van der Waals surface area contributed by atoms with Crippen LogP contribution in [-0.2, 0) is 4.79 Å². The SMILES string of the molecule is N[C@H](C(=O)O)[C@@H](c1ccc(Cl)cc1)c1cccc(OC(F)(F)F)c1. The van der Waals surface area contributed by atoms with E-state index < -0.39 is 30.0 Å². The van der Waals surface area contributed by atoms with E-state index in [2.05, 4.69) is 4.74 Å². The fraction of sp³-hybridized carbons (Fsp3) is 0.188. The molecule has 0 amide bonds. The highest BCUT2D eigenvalue weighted by Gasteiger charge is 2.32. The minimum atomic E-state index is -4.84. The first kappa shape index (κ1) is 18.1. The predicted octanol–water partition coefficient (Wildman–Crippen LogP) is 3.78. The monoisotopic (exact) mass is 359 g/mol. The number of halogens is 4. The van der Waals surface area contributed by atoms with Crippen LogP contribution in [0.4, 0.5) is 13.2 Å². The van der Waals surface area contributed by atoms with Gasteiger partial charge in [-0.15, -0.1) is 13.2 Å². The molecule has 2 aromatic rings. The van der Waals surface area contributed by atoms with Gasteiger partial charge in [0.25, 0.3) is 0 Å². The van der Waals surface area contributed by atoms with Crippen LogP contribution in [0.3, 0.4) is 0 Å². The van der Waals surface area contributed by atoms with E-state index >= 15 is 0 Å². The van der Waals surface area contributed by atoms with Gasteiger partial charge in [-0.1, -0.05) is 35.9 Å². The van der Waals surface area contributed by atoms with Gasteiger partial charge in [-0.3, -0.25) is 4.79 Å². The lowest BCUT2D eigenvalue weighted by Crippen LogP contribution is -2.37. The van der Waals surface area contributed by atoms with Gasteiger partial charge in [-0.2, -0.15) is 0 Å². The lowest BCUT2D eigenvalue weighted by Gasteiger charge is -2.22. The van der Waals surface area contributed by atoms with E-state index in [1.165, 1.54) is 12.1 Å². The number of rotatable bonds is 5. The molecule has 0 saturated carbocycles. The van der Waals surface area contributed by atoms with Crippen molar-refractivity contribution in [2.24, 2.45) is 5.73 Å². The van der Waals surface area contributed by atoms with E-state index in [0.29, 0.717) is 10.6 Å². The van der Waals surface area contributed by atoms with E-state index in [9.17, 15) is 23.1 Å². The molecular weight excluding hydrogens is 347 g/mol. The molecule has 128 valence electrons. The summed E-state index contributed by atoms with van der Waals surface area (Å²) in [6.07, 6.45) is -4.84. The first-order chi connectivity index (χ1) is 11.2. The second kappa shape index (κ2) is 7.11. The molecule has 0 radical (unpaired) electrons. The summed E-state index contributed by atoms with van der Waals surface area (Å²) in [5.41, 5.74) is 6.54. The van der Waals surface area contributed by atoms with Gasteiger partial charge in [0, 0.05) is 10.9 Å². The summed E-state index contributed by atoms with van der Waals surface area (Å²) < 4.78 is 41.0. The van der Waals surface area contributed by atoms with Crippen molar-refractivity contribution in [3.63, 3.8) is 0 Å². The molecule has 0 aliphatic heterocycles. The third-order valence-corrected chi connectivity index (χ3v) is 3.58. The summed E-state index contributed by atoms with van der Waals surface area (Å²) in [4.78, 5) is 11.3. The zero-order valence-electron chi connectivity index (χ0n) is 12.1. The number of carboxylic acids is 1. The van der Waals surface area contributed by atoms with Crippen molar-refractivity contribution in [1.82, 2.24) is 0 Å². The first-order valence-electron chi connectivity index (χ1n) is 6.77. The van der Waals surface area contributed by atoms with Gasteiger partial charge < -0.3 is 15.6 Å². The zero-order chi connectivity index (χ0) is 17.9. The Hall–Kier alpha value is -2.25. The molecule has 2 aromatic carbocycles. The van der Waals surface area contributed by atoms with Gasteiger partial charge in [0.1, 0.15) is 11.8 Å². The molecule has 0 bridgehead atoms. The molecule has 3 N–H and O–H groups in total. The maximum Gasteiger partial charge on any atom is 0.573 e. The van der Waals surface area contributed by atoms with Crippen LogP contribution in [0.15, 0.2) is 48.5 Å². The minimum absolute atomic E-state index is 0.286. The fourth-order valence-electron chi connectivity index (χ4n) is 2.32. The maximum absolute atomic E-state index is 12.4. The maximum atomic E-state index is 12.4. The number of alkyl halides is 3. The summed E-state index contributed by atoms with van der Waals surface area (Å²) in [7, 11) is 0. The Balaban J connectivity index is 2.46. The van der Waals surface area contributed by atoms with Gasteiger partial charge in [0.15, 0.2) is 0 Å².